The summed E-state index contributed by atoms with van der Waals surface area (Å²) in [4.78, 5) is 112. The molecule has 0 heterocycles. The van der Waals surface area contributed by atoms with Crippen molar-refractivity contribution in [3.05, 3.63) is 133 Å². The Bertz CT molecular complexity index is 2850. The highest BCUT2D eigenvalue weighted by atomic mass is 127. The van der Waals surface area contributed by atoms with Gasteiger partial charge < -0.3 is 76.3 Å². The maximum Gasteiger partial charge on any atom is 0.335 e. The highest BCUT2D eigenvalue weighted by molar-refractivity contribution is 14.1. The summed E-state index contributed by atoms with van der Waals surface area (Å²) >= 11 is 5.82. The van der Waals surface area contributed by atoms with Gasteiger partial charge in [-0.25, -0.2) is 4.79 Å². The smallest absolute Gasteiger partial charge is 0.335 e. The number of nitrogens with two attached hydrogens (primary N) is 7. The molecule has 77 heavy (non-hydrogen) atoms. The first-order valence-electron chi connectivity index (χ1n) is 21.5. The Hall–Kier alpha value is -8.13. The van der Waals surface area contributed by atoms with Crippen LogP contribution in [0.3, 0.4) is 0 Å². The van der Waals surface area contributed by atoms with E-state index in [-0.39, 0.29) is 46.2 Å². The first-order chi connectivity index (χ1) is 36.1. The quantitative estimate of drug-likeness (QED) is 0.0242. The van der Waals surface area contributed by atoms with Gasteiger partial charge in [-0.2, -0.15) is 0 Å². The molecule has 25 nitrogen and oxygen atoms in total. The van der Waals surface area contributed by atoms with Crippen LogP contribution in [-0.4, -0.2) is 116 Å². The van der Waals surface area contributed by atoms with E-state index in [1.807, 2.05) is 42.0 Å². The third kappa shape index (κ3) is 24.4. The molecule has 0 aliphatic carbocycles. The van der Waals surface area contributed by atoms with E-state index in [4.69, 9.17) is 60.6 Å². The van der Waals surface area contributed by atoms with Gasteiger partial charge >= 0.3 is 17.9 Å². The number of amides is 6. The van der Waals surface area contributed by atoms with E-state index < -0.39 is 72.0 Å². The number of carboxylic acid groups (broad SMARTS) is 3. The molecule has 0 aliphatic heterocycles. The Morgan fingerprint density at radius 1 is 0.636 bits per heavy atom. The number of aliphatic carboxylic acids is 2. The monoisotopic (exact) mass is 1230 g/mol. The molecule has 0 aliphatic rings. The van der Waals surface area contributed by atoms with E-state index in [0.29, 0.717) is 37.2 Å². The van der Waals surface area contributed by atoms with Gasteiger partial charge in [-0.05, 0) is 144 Å². The fourth-order valence-electron chi connectivity index (χ4n) is 5.35. The van der Waals surface area contributed by atoms with Crippen molar-refractivity contribution in [3.63, 3.8) is 0 Å². The number of hydrogen-bond donors (Lipinski definition) is 14. The van der Waals surface area contributed by atoms with Crippen molar-refractivity contribution in [2.75, 3.05) is 36.3 Å². The van der Waals surface area contributed by atoms with Gasteiger partial charge in [-0.1, -0.05) is 6.07 Å². The molecule has 0 radical (unpaired) electrons. The van der Waals surface area contributed by atoms with E-state index in [0.717, 1.165) is 33.2 Å². The predicted molar refractivity (Wildman–Crippen MR) is 300 cm³/mol. The lowest BCUT2D eigenvalue weighted by Gasteiger charge is -2.18. The van der Waals surface area contributed by atoms with E-state index in [1.54, 1.807) is 60.7 Å². The number of benzene rings is 5. The molecule has 0 fully saturated rings. The topological polar surface area (TPSA) is 490 Å². The van der Waals surface area contributed by atoms with Crippen LogP contribution in [0, 0.1) is 15.4 Å². The van der Waals surface area contributed by atoms with E-state index >= 15 is 0 Å². The van der Waals surface area contributed by atoms with Gasteiger partial charge in [0.1, 0.15) is 35.8 Å². The van der Waals surface area contributed by atoms with Gasteiger partial charge in [0.2, 0.25) is 35.4 Å². The zero-order valence-corrected chi connectivity index (χ0v) is 45.7. The van der Waals surface area contributed by atoms with Crippen molar-refractivity contribution < 1.29 is 68.7 Å². The van der Waals surface area contributed by atoms with E-state index in [2.05, 4.69) is 15.8 Å². The molecule has 21 N–H and O–H groups in total. The molecule has 5 rings (SSSR count). The number of nitrogens with zero attached hydrogens (tertiary/aromatic N) is 1. The summed E-state index contributed by atoms with van der Waals surface area (Å²) in [5.41, 5.74) is 40.0. The fourth-order valence-corrected chi connectivity index (χ4v) is 7.65. The predicted octanol–water partition coefficient (Wildman–Crippen LogP) is 3.83. The third-order valence-electron chi connectivity index (χ3n) is 9.55. The number of anilines is 2. The average molecular weight is 1240 g/mol. The number of carbonyl (C=O) groups is 9. The van der Waals surface area contributed by atoms with Crippen LogP contribution in [-0.2, 0) is 19.2 Å². The van der Waals surface area contributed by atoms with Crippen molar-refractivity contribution in [2.24, 2.45) is 33.8 Å². The molecule has 6 amide bonds. The number of phenolic OH excluding ortho intramolecular Hbond substituents is 2. The molecule has 2 unspecified atom stereocenters. The van der Waals surface area contributed by atoms with E-state index in [9.17, 15) is 53.2 Å². The van der Waals surface area contributed by atoms with Crippen molar-refractivity contribution in [1.29, 1.82) is 0 Å². The molecular formula is C48H55IN10O15S3. The number of carbonyl (C=O) groups excluding carboxylic acids is 6. The van der Waals surface area contributed by atoms with Crippen molar-refractivity contribution in [2.45, 2.75) is 46.5 Å². The maximum atomic E-state index is 12.3. The number of nitrogens with one attached hydrogen (secondary N) is 2. The van der Waals surface area contributed by atoms with Crippen LogP contribution < -0.4 is 50.8 Å². The second-order valence-corrected chi connectivity index (χ2v) is 19.1. The minimum absolute atomic E-state index is 0.0851. The minimum Gasteiger partial charge on any atom is -0.507 e. The number of nitroso groups, excluding NO2 is 1. The molecule has 0 bridgehead atoms. The summed E-state index contributed by atoms with van der Waals surface area (Å²) in [6.07, 6.45) is 3.29. The largest absolute Gasteiger partial charge is 0.507 e. The highest BCUT2D eigenvalue weighted by Crippen LogP contribution is 2.31. The SMILES string of the molecule is CSc1ccc(C(N)=O)cc1N.CSc1ccc(C(N)=O)cc1O.Cc1ccc(C(N)=O)cc1N.NC(=O)c1ccc(I)c(O)c1.NC(CCC(=O)NC(CSc1ccc(C(=O)O)cc1N=O)C(=O)NCC(=O)O)C(=O)O. The van der Waals surface area contributed by atoms with Gasteiger partial charge in [-0.3, -0.25) is 38.4 Å². The summed E-state index contributed by atoms with van der Waals surface area (Å²) in [6, 6.07) is 20.3. The summed E-state index contributed by atoms with van der Waals surface area (Å²) in [7, 11) is 0. The molecule has 5 aromatic carbocycles. The number of aryl methyl sites for hydroxylation is 1. The first-order valence-corrected chi connectivity index (χ1v) is 26.0. The number of aromatic hydroxyl groups is 2. The number of aromatic carboxylic acids is 1. The van der Waals surface area contributed by atoms with Gasteiger partial charge in [0.15, 0.2) is 0 Å². The number of thioether (sulfide) groups is 3. The Morgan fingerprint density at radius 2 is 1.10 bits per heavy atom. The van der Waals surface area contributed by atoms with Gasteiger partial charge in [-0.15, -0.1) is 40.2 Å². The molecule has 0 aromatic heterocycles. The number of hydrogen-bond acceptors (Lipinski definition) is 19. The van der Waals surface area contributed by atoms with Crippen LogP contribution >= 0.6 is 57.9 Å². The summed E-state index contributed by atoms with van der Waals surface area (Å²) < 4.78 is 0.701. The second-order valence-electron chi connectivity index (χ2n) is 15.1. The Kier molecular flexibility index (Phi) is 29.3. The van der Waals surface area contributed by atoms with Gasteiger partial charge in [0.25, 0.3) is 0 Å². The summed E-state index contributed by atoms with van der Waals surface area (Å²) in [5.74, 6) is -7.32. The third-order valence-corrected chi connectivity index (χ3v) is 13.2. The lowest BCUT2D eigenvalue weighted by Crippen LogP contribution is -2.49. The molecule has 29 heteroatoms. The number of phenols is 2. The number of halogens is 1. The normalized spacial score (nSPS) is 10.7. The Labute approximate surface area is 465 Å². The van der Waals surface area contributed by atoms with Gasteiger partial charge in [0.05, 0.1) is 9.13 Å². The maximum absolute atomic E-state index is 12.3. The molecule has 0 saturated carbocycles. The van der Waals surface area contributed by atoms with Crippen molar-refractivity contribution >= 4 is 128 Å². The van der Waals surface area contributed by atoms with Crippen molar-refractivity contribution in [3.8, 4) is 11.5 Å². The number of nitrogen functional groups attached to an aromatic ring is 2. The Morgan fingerprint density at radius 3 is 1.55 bits per heavy atom. The number of rotatable bonds is 19. The van der Waals surface area contributed by atoms with Crippen LogP contribution in [0.2, 0.25) is 0 Å². The molecule has 2 atom stereocenters. The van der Waals surface area contributed by atoms with Crippen LogP contribution in [0.15, 0.2) is 111 Å². The zero-order valence-electron chi connectivity index (χ0n) is 41.1. The van der Waals surface area contributed by atoms with Crippen LogP contribution in [0.4, 0.5) is 17.1 Å². The molecule has 0 spiro atoms. The van der Waals surface area contributed by atoms with Crippen LogP contribution in [0.5, 0.6) is 11.5 Å². The minimum atomic E-state index is -1.31. The molecule has 5 aromatic rings. The lowest BCUT2D eigenvalue weighted by atomic mass is 10.1. The molecular weight excluding hydrogens is 1180 g/mol. The van der Waals surface area contributed by atoms with Crippen LogP contribution in [0.25, 0.3) is 0 Å². The lowest BCUT2D eigenvalue weighted by molar-refractivity contribution is -0.139. The van der Waals surface area contributed by atoms with Crippen LogP contribution in [0.1, 0.15) is 70.2 Å². The summed E-state index contributed by atoms with van der Waals surface area (Å²) in [6.45, 7) is 1.17. The number of primary amides is 4. The van der Waals surface area contributed by atoms with Crippen molar-refractivity contribution in [1.82, 2.24) is 10.6 Å². The fraction of sp³-hybridized carbons (Fsp3) is 0.188. The van der Waals surface area contributed by atoms with Gasteiger partial charge in [0, 0.05) is 60.5 Å². The standard InChI is InChI=1S/C17H20N4O9S.C8H10N2OS.C8H10N2O.C8H9NO2S.C7H6INO2/c18-9(17(28)29)2-4-13(22)20-11(15(25)19-6-14(23)24)7-31-12-3-1-8(16(26)27)5-10(12)21-30;1-12-7-3-2-5(8(10)11)4-6(7)9;1-5-2-3-6(8(10)11)4-7(5)9;1-12-7-3-2-5(8(9)11)4-6(7)10;8-5-2-1-4(7(9)11)3-6(5)10/h1,3,5,9,11H,2,4,6-7,18H2,(H,19,25)(H,20,22)(H,23,24)(H,26,27)(H,28,29);2-4H,9H2,1H3,(H2,10,11);2-4H,9H2,1H3,(H2,10,11);2-4,10H,1H3,(H2,9,11);1-3,10H,(H2,9,11). The molecule has 0 saturated heterocycles. The summed E-state index contributed by atoms with van der Waals surface area (Å²) in [5, 5.41) is 52.1. The number of carboxylic acids is 3. The highest BCUT2D eigenvalue weighted by Gasteiger charge is 2.24. The second kappa shape index (κ2) is 33.7. The zero-order chi connectivity index (χ0) is 58.7. The molecule has 412 valence electrons. The Balaban J connectivity index is 0.000000530. The first kappa shape index (κ1) is 66.9. The average Bonchev–Trinajstić information content (AvgIpc) is 3.38. The van der Waals surface area contributed by atoms with E-state index in [1.165, 1.54) is 47.8 Å².